The molecule has 7 heteroatoms. The zero-order valence-electron chi connectivity index (χ0n) is 14.3. The fraction of sp³-hybridized carbons (Fsp3) is 0.100. The molecule has 7 nitrogen and oxygen atoms in total. The molecule has 3 aromatic rings. The van der Waals surface area contributed by atoms with E-state index < -0.39 is 6.23 Å². The number of anilines is 2. The van der Waals surface area contributed by atoms with Crippen LogP contribution in [0.2, 0.25) is 0 Å². The fourth-order valence-electron chi connectivity index (χ4n) is 3.20. The standard InChI is InChI=1S/C20H18N4O3/c21-10-18(26)23-12-4-5-16-14(9-12)15(20(27)24-16)8-11-3-6-17(25)19-13(11)2-1-7-22-19/h1-9,20,24-25,27H,10,21H2,(H,23,26). The molecule has 0 bridgehead atoms. The Balaban J connectivity index is 1.81. The summed E-state index contributed by atoms with van der Waals surface area (Å²) in [5.41, 5.74) is 9.46. The van der Waals surface area contributed by atoms with Gasteiger partial charge in [-0.2, -0.15) is 0 Å². The average Bonchev–Trinajstić information content (AvgIpc) is 2.99. The van der Waals surface area contributed by atoms with Crippen LogP contribution in [0.3, 0.4) is 0 Å². The van der Waals surface area contributed by atoms with E-state index in [0.29, 0.717) is 16.8 Å². The van der Waals surface area contributed by atoms with Gasteiger partial charge in [-0.05, 0) is 42.0 Å². The first-order valence-electron chi connectivity index (χ1n) is 8.44. The van der Waals surface area contributed by atoms with Crippen LogP contribution in [0, 0.1) is 0 Å². The van der Waals surface area contributed by atoms with Crippen molar-refractivity contribution in [3.8, 4) is 5.75 Å². The van der Waals surface area contributed by atoms with Gasteiger partial charge in [0, 0.05) is 34.1 Å². The SMILES string of the molecule is NCC(=O)Nc1ccc2c(c1)C(=Cc1ccc(O)c3ncccc13)C(O)N2. The Bertz CT molecular complexity index is 1080. The molecule has 2 heterocycles. The minimum atomic E-state index is -0.888. The molecule has 1 aromatic heterocycles. The van der Waals surface area contributed by atoms with Gasteiger partial charge in [-0.1, -0.05) is 12.1 Å². The van der Waals surface area contributed by atoms with Gasteiger partial charge in [0.2, 0.25) is 5.91 Å². The zero-order valence-corrected chi connectivity index (χ0v) is 14.3. The van der Waals surface area contributed by atoms with Crippen LogP contribution in [0.5, 0.6) is 5.75 Å². The monoisotopic (exact) mass is 362 g/mol. The predicted octanol–water partition coefficient (Wildman–Crippen LogP) is 2.12. The Labute approximate surface area is 155 Å². The third kappa shape index (κ3) is 3.10. The summed E-state index contributed by atoms with van der Waals surface area (Å²) in [6.45, 7) is -0.104. The van der Waals surface area contributed by atoms with Gasteiger partial charge in [-0.15, -0.1) is 0 Å². The number of nitrogens with one attached hydrogen (secondary N) is 2. The number of aliphatic hydroxyl groups is 1. The van der Waals surface area contributed by atoms with E-state index in [1.165, 1.54) is 0 Å². The van der Waals surface area contributed by atoms with E-state index in [2.05, 4.69) is 15.6 Å². The number of hydrogen-bond acceptors (Lipinski definition) is 6. The van der Waals surface area contributed by atoms with Crippen molar-refractivity contribution in [3.63, 3.8) is 0 Å². The molecule has 1 unspecified atom stereocenters. The highest BCUT2D eigenvalue weighted by molar-refractivity contribution is 6.01. The molecule has 0 saturated carbocycles. The van der Waals surface area contributed by atoms with Gasteiger partial charge in [0.05, 0.1) is 6.54 Å². The second-order valence-electron chi connectivity index (χ2n) is 6.23. The number of benzene rings is 2. The Morgan fingerprint density at radius 2 is 2.15 bits per heavy atom. The lowest BCUT2D eigenvalue weighted by molar-refractivity contribution is -0.114. The summed E-state index contributed by atoms with van der Waals surface area (Å²) < 4.78 is 0. The summed E-state index contributed by atoms with van der Waals surface area (Å²) in [4.78, 5) is 15.8. The summed E-state index contributed by atoms with van der Waals surface area (Å²) >= 11 is 0. The van der Waals surface area contributed by atoms with E-state index in [1.807, 2.05) is 12.1 Å². The number of carbonyl (C=O) groups is 1. The number of phenols is 1. The molecule has 0 spiro atoms. The average molecular weight is 362 g/mol. The molecule has 0 aliphatic carbocycles. The molecule has 1 aliphatic rings. The number of aromatic hydroxyl groups is 1. The summed E-state index contributed by atoms with van der Waals surface area (Å²) in [5.74, 6) is -0.187. The molecule has 1 atom stereocenters. The highest BCUT2D eigenvalue weighted by atomic mass is 16.3. The van der Waals surface area contributed by atoms with Crippen LogP contribution in [0.25, 0.3) is 22.6 Å². The molecule has 2 aromatic carbocycles. The summed E-state index contributed by atoms with van der Waals surface area (Å²) in [7, 11) is 0. The molecule has 0 radical (unpaired) electrons. The van der Waals surface area contributed by atoms with Gasteiger partial charge in [-0.3, -0.25) is 9.78 Å². The molecule has 4 rings (SSSR count). The van der Waals surface area contributed by atoms with Crippen molar-refractivity contribution in [2.24, 2.45) is 5.73 Å². The van der Waals surface area contributed by atoms with Gasteiger partial charge in [0.1, 0.15) is 11.3 Å². The zero-order chi connectivity index (χ0) is 19.0. The van der Waals surface area contributed by atoms with Gasteiger partial charge in [-0.25, -0.2) is 0 Å². The molecule has 136 valence electrons. The molecule has 0 fully saturated rings. The summed E-state index contributed by atoms with van der Waals surface area (Å²) in [5, 5.41) is 27.0. The van der Waals surface area contributed by atoms with Crippen molar-refractivity contribution >= 4 is 39.8 Å². The van der Waals surface area contributed by atoms with E-state index in [9.17, 15) is 15.0 Å². The lowest BCUT2D eigenvalue weighted by Gasteiger charge is -2.09. The highest BCUT2D eigenvalue weighted by Crippen LogP contribution is 2.38. The van der Waals surface area contributed by atoms with Crippen LogP contribution in [-0.2, 0) is 4.79 Å². The van der Waals surface area contributed by atoms with Gasteiger partial charge in [0.25, 0.3) is 0 Å². The third-order valence-electron chi connectivity index (χ3n) is 4.48. The van der Waals surface area contributed by atoms with Crippen molar-refractivity contribution in [1.82, 2.24) is 4.98 Å². The lowest BCUT2D eigenvalue weighted by atomic mass is 10.00. The Hall–Kier alpha value is -3.42. The lowest BCUT2D eigenvalue weighted by Crippen LogP contribution is -2.21. The molecular formula is C20H18N4O3. The molecule has 1 amide bonds. The minimum absolute atomic E-state index is 0.102. The van der Waals surface area contributed by atoms with E-state index in [-0.39, 0.29) is 18.2 Å². The fourth-order valence-corrected chi connectivity index (χ4v) is 3.20. The maximum atomic E-state index is 11.6. The van der Waals surface area contributed by atoms with E-state index >= 15 is 0 Å². The molecule has 27 heavy (non-hydrogen) atoms. The summed E-state index contributed by atoms with van der Waals surface area (Å²) in [6, 6.07) is 12.3. The van der Waals surface area contributed by atoms with Gasteiger partial charge in [0.15, 0.2) is 6.23 Å². The number of rotatable bonds is 3. The van der Waals surface area contributed by atoms with Crippen molar-refractivity contribution in [3.05, 3.63) is 59.8 Å². The van der Waals surface area contributed by atoms with Crippen molar-refractivity contribution in [1.29, 1.82) is 0 Å². The Kier molecular flexibility index (Phi) is 4.23. The normalized spacial score (nSPS) is 17.0. The predicted molar refractivity (Wildman–Crippen MR) is 105 cm³/mol. The number of aliphatic hydroxyl groups excluding tert-OH is 1. The maximum absolute atomic E-state index is 11.6. The first-order chi connectivity index (χ1) is 13.1. The number of nitrogens with zero attached hydrogens (tertiary/aromatic N) is 1. The Morgan fingerprint density at radius 3 is 2.96 bits per heavy atom. The largest absolute Gasteiger partial charge is 0.506 e. The quantitative estimate of drug-likeness (QED) is 0.487. The topological polar surface area (TPSA) is 121 Å². The van der Waals surface area contributed by atoms with Crippen LogP contribution in [0.1, 0.15) is 11.1 Å². The minimum Gasteiger partial charge on any atom is -0.506 e. The van der Waals surface area contributed by atoms with Crippen LogP contribution in [-0.4, -0.2) is 33.9 Å². The van der Waals surface area contributed by atoms with Crippen molar-refractivity contribution in [2.45, 2.75) is 6.23 Å². The smallest absolute Gasteiger partial charge is 0.238 e. The number of pyridine rings is 1. The van der Waals surface area contributed by atoms with E-state index in [1.54, 1.807) is 42.6 Å². The first kappa shape index (κ1) is 17.0. The number of nitrogens with two attached hydrogens (primary N) is 1. The second kappa shape index (κ2) is 6.71. The van der Waals surface area contributed by atoms with Crippen molar-refractivity contribution < 1.29 is 15.0 Å². The van der Waals surface area contributed by atoms with Crippen LogP contribution >= 0.6 is 0 Å². The first-order valence-corrected chi connectivity index (χ1v) is 8.44. The highest BCUT2D eigenvalue weighted by Gasteiger charge is 2.25. The number of fused-ring (bicyclic) bond motifs is 2. The van der Waals surface area contributed by atoms with Gasteiger partial charge >= 0.3 is 0 Å². The molecule has 6 N–H and O–H groups in total. The second-order valence-corrected chi connectivity index (χ2v) is 6.23. The van der Waals surface area contributed by atoms with Crippen LogP contribution in [0.15, 0.2) is 48.7 Å². The molecule has 1 aliphatic heterocycles. The molecular weight excluding hydrogens is 344 g/mol. The number of amides is 1. The number of carbonyl (C=O) groups excluding carboxylic acids is 1. The molecule has 0 saturated heterocycles. The van der Waals surface area contributed by atoms with E-state index in [0.717, 1.165) is 22.2 Å². The Morgan fingerprint density at radius 1 is 1.30 bits per heavy atom. The number of phenolic OH excluding ortho intramolecular Hbond substituents is 1. The van der Waals surface area contributed by atoms with Gasteiger partial charge < -0.3 is 26.6 Å². The number of aromatic nitrogens is 1. The van der Waals surface area contributed by atoms with Crippen molar-refractivity contribution in [2.75, 3.05) is 17.2 Å². The van der Waals surface area contributed by atoms with Crippen LogP contribution < -0.4 is 16.4 Å². The maximum Gasteiger partial charge on any atom is 0.238 e. The van der Waals surface area contributed by atoms with Crippen LogP contribution in [0.4, 0.5) is 11.4 Å². The summed E-state index contributed by atoms with van der Waals surface area (Å²) in [6.07, 6.45) is 2.58. The number of hydrogen-bond donors (Lipinski definition) is 5. The van der Waals surface area contributed by atoms with E-state index in [4.69, 9.17) is 5.73 Å². The third-order valence-corrected chi connectivity index (χ3v) is 4.48.